The second kappa shape index (κ2) is 16.3. The van der Waals surface area contributed by atoms with Crippen LogP contribution in [0.5, 0.6) is 5.75 Å². The molecule has 218 valence electrons. The van der Waals surface area contributed by atoms with E-state index in [1.54, 1.807) is 12.1 Å². The fourth-order valence-electron chi connectivity index (χ4n) is 3.77. The van der Waals surface area contributed by atoms with Gasteiger partial charge in [0, 0.05) is 46.9 Å². The van der Waals surface area contributed by atoms with Crippen molar-refractivity contribution in [1.29, 1.82) is 0 Å². The number of likely N-dealkylation sites (N-methyl/N-ethyl adjacent to an activating group) is 1. The number of fused-ring (bicyclic) bond motifs is 1. The molecule has 2 aromatic carbocycles. The lowest BCUT2D eigenvalue weighted by molar-refractivity contribution is -0.144. The van der Waals surface area contributed by atoms with Crippen molar-refractivity contribution in [2.24, 2.45) is 0 Å². The minimum Gasteiger partial charge on any atom is -0.494 e. The van der Waals surface area contributed by atoms with Gasteiger partial charge in [0.25, 0.3) is 0 Å². The first-order chi connectivity index (χ1) is 19.8. The molecule has 0 saturated carbocycles. The van der Waals surface area contributed by atoms with Gasteiger partial charge in [-0.05, 0) is 44.2 Å². The van der Waals surface area contributed by atoms with Crippen LogP contribution in [0.15, 0.2) is 59.4 Å². The summed E-state index contributed by atoms with van der Waals surface area (Å²) in [6.45, 7) is 3.67. The molecule has 0 fully saturated rings. The summed E-state index contributed by atoms with van der Waals surface area (Å²) in [4.78, 5) is 47.1. The molecule has 0 radical (unpaired) electrons. The average molecular weight is 628 g/mol. The van der Waals surface area contributed by atoms with Gasteiger partial charge in [-0.25, -0.2) is 9.97 Å². The van der Waals surface area contributed by atoms with Crippen molar-refractivity contribution < 1.29 is 23.9 Å². The molecular weight excluding hydrogens is 592 g/mol. The van der Waals surface area contributed by atoms with Crippen molar-refractivity contribution in [3.63, 3.8) is 0 Å². The van der Waals surface area contributed by atoms with Gasteiger partial charge in [-0.15, -0.1) is 0 Å². The van der Waals surface area contributed by atoms with E-state index in [4.69, 9.17) is 9.47 Å². The number of methoxy groups -OCH3 is 1. The van der Waals surface area contributed by atoms with Gasteiger partial charge in [0.15, 0.2) is 0 Å². The molecular formula is C29H35BrN6O5. The highest BCUT2D eigenvalue weighted by atomic mass is 79.9. The van der Waals surface area contributed by atoms with E-state index in [1.165, 1.54) is 19.5 Å². The van der Waals surface area contributed by atoms with E-state index in [-0.39, 0.29) is 12.5 Å². The number of carbonyl (C=O) groups excluding carboxylic acids is 3. The smallest absolute Gasteiger partial charge is 0.320 e. The summed E-state index contributed by atoms with van der Waals surface area (Å²) in [7, 11) is 3.31. The number of hydrogen-bond donors (Lipinski definition) is 3. The van der Waals surface area contributed by atoms with Crippen LogP contribution >= 0.6 is 15.9 Å². The third-order valence-electron chi connectivity index (χ3n) is 5.86. The molecule has 0 aliphatic rings. The van der Waals surface area contributed by atoms with Gasteiger partial charge in [0.05, 0.1) is 31.5 Å². The molecule has 2 amide bonds. The Labute approximate surface area is 247 Å². The van der Waals surface area contributed by atoms with Crippen LogP contribution in [-0.4, -0.2) is 73.1 Å². The van der Waals surface area contributed by atoms with Gasteiger partial charge >= 0.3 is 5.97 Å². The van der Waals surface area contributed by atoms with Crippen LogP contribution in [0.1, 0.15) is 26.2 Å². The van der Waals surface area contributed by atoms with Gasteiger partial charge in [0.1, 0.15) is 17.9 Å². The number of halogens is 1. The zero-order valence-corrected chi connectivity index (χ0v) is 25.0. The van der Waals surface area contributed by atoms with Gasteiger partial charge in [-0.3, -0.25) is 19.3 Å². The molecule has 1 heterocycles. The molecule has 11 nitrogen and oxygen atoms in total. The van der Waals surface area contributed by atoms with Crippen LogP contribution in [-0.2, 0) is 19.1 Å². The molecule has 0 bridgehead atoms. The number of unbranched alkanes of at least 4 members (excludes halogenated alkanes) is 1. The van der Waals surface area contributed by atoms with E-state index in [0.29, 0.717) is 54.3 Å². The summed E-state index contributed by atoms with van der Waals surface area (Å²) in [5.41, 5.74) is 1.85. The third kappa shape index (κ3) is 10.5. The summed E-state index contributed by atoms with van der Waals surface area (Å²) < 4.78 is 11.5. The van der Waals surface area contributed by atoms with Crippen molar-refractivity contribution in [2.75, 3.05) is 51.0 Å². The summed E-state index contributed by atoms with van der Waals surface area (Å²) in [5, 5.41) is 9.43. The molecule has 12 heteroatoms. The van der Waals surface area contributed by atoms with Crippen LogP contribution in [0.3, 0.4) is 0 Å². The van der Waals surface area contributed by atoms with E-state index in [0.717, 1.165) is 29.1 Å². The molecule has 0 aliphatic carbocycles. The second-order valence-corrected chi connectivity index (χ2v) is 10.1. The minimum atomic E-state index is -0.502. The Balaban J connectivity index is 1.53. The van der Waals surface area contributed by atoms with Crippen LogP contribution < -0.4 is 20.7 Å². The molecule has 0 aliphatic heterocycles. The highest BCUT2D eigenvalue weighted by Crippen LogP contribution is 2.33. The molecule has 1 aromatic heterocycles. The van der Waals surface area contributed by atoms with Crippen molar-refractivity contribution in [3.8, 4) is 5.75 Å². The normalized spacial score (nSPS) is 11.0. The van der Waals surface area contributed by atoms with Crippen LogP contribution in [0, 0.1) is 0 Å². The lowest BCUT2D eigenvalue weighted by Gasteiger charge is -2.15. The number of hydrogen-bond acceptors (Lipinski definition) is 9. The molecule has 0 spiro atoms. The molecule has 0 atom stereocenters. The molecule has 3 rings (SSSR count). The predicted molar refractivity (Wildman–Crippen MR) is 162 cm³/mol. The number of benzene rings is 2. The first kappa shape index (κ1) is 31.5. The first-order valence-corrected chi connectivity index (χ1v) is 14.0. The van der Waals surface area contributed by atoms with Crippen molar-refractivity contribution in [1.82, 2.24) is 20.2 Å². The Morgan fingerprint density at radius 3 is 2.63 bits per heavy atom. The van der Waals surface area contributed by atoms with E-state index < -0.39 is 11.8 Å². The summed E-state index contributed by atoms with van der Waals surface area (Å²) in [6, 6.07) is 11.1. The van der Waals surface area contributed by atoms with E-state index in [9.17, 15) is 14.4 Å². The monoisotopic (exact) mass is 626 g/mol. The molecule has 0 unspecified atom stereocenters. The fourth-order valence-corrected chi connectivity index (χ4v) is 4.17. The van der Waals surface area contributed by atoms with Crippen molar-refractivity contribution in [2.45, 2.75) is 26.2 Å². The fraction of sp³-hybridized carbons (Fsp3) is 0.345. The molecule has 3 N–H and O–H groups in total. The van der Waals surface area contributed by atoms with E-state index in [1.807, 2.05) is 43.1 Å². The number of nitrogens with zero attached hydrogens (tertiary/aromatic N) is 3. The molecule has 41 heavy (non-hydrogen) atoms. The summed E-state index contributed by atoms with van der Waals surface area (Å²) in [5.74, 6) is -0.195. The number of carbonyl (C=O) groups is 3. The van der Waals surface area contributed by atoms with Crippen molar-refractivity contribution >= 4 is 61.8 Å². The number of ether oxygens (including phenoxy) is 2. The maximum Gasteiger partial charge on any atom is 0.320 e. The van der Waals surface area contributed by atoms with Gasteiger partial charge < -0.3 is 25.4 Å². The Morgan fingerprint density at radius 1 is 1.07 bits per heavy atom. The van der Waals surface area contributed by atoms with Crippen LogP contribution in [0.2, 0.25) is 0 Å². The Morgan fingerprint density at radius 2 is 1.88 bits per heavy atom. The Bertz CT molecular complexity index is 1380. The Hall–Kier alpha value is -4.03. The first-order valence-electron chi connectivity index (χ1n) is 13.3. The number of aromatic nitrogens is 2. The topological polar surface area (TPSA) is 135 Å². The lowest BCUT2D eigenvalue weighted by atomic mass is 10.2. The zero-order chi connectivity index (χ0) is 29.6. The van der Waals surface area contributed by atoms with Gasteiger partial charge in [-0.1, -0.05) is 35.3 Å². The number of esters is 1. The van der Waals surface area contributed by atoms with Crippen molar-refractivity contribution in [3.05, 3.63) is 59.4 Å². The highest BCUT2D eigenvalue weighted by molar-refractivity contribution is 9.10. The minimum absolute atomic E-state index is 0.198. The average Bonchev–Trinajstić information content (AvgIpc) is 2.94. The third-order valence-corrected chi connectivity index (χ3v) is 6.36. The summed E-state index contributed by atoms with van der Waals surface area (Å²) >= 11 is 3.46. The molecule has 0 saturated heterocycles. The maximum atomic E-state index is 12.6. The van der Waals surface area contributed by atoms with E-state index in [2.05, 4.69) is 41.8 Å². The highest BCUT2D eigenvalue weighted by Gasteiger charge is 2.13. The number of amides is 2. The zero-order valence-electron chi connectivity index (χ0n) is 23.4. The SMILES string of the molecule is CCCCOC(=O)CN(C)CCCNC(=O)/C=C/C(=O)Nc1cc2c(Nc3cccc(Br)c3)ncnc2cc1OC. The Kier molecular flexibility index (Phi) is 12.5. The van der Waals surface area contributed by atoms with E-state index >= 15 is 0 Å². The summed E-state index contributed by atoms with van der Waals surface area (Å²) in [6.07, 6.45) is 6.22. The maximum absolute atomic E-state index is 12.6. The van der Waals surface area contributed by atoms with Crippen LogP contribution in [0.4, 0.5) is 17.2 Å². The largest absolute Gasteiger partial charge is 0.494 e. The lowest BCUT2D eigenvalue weighted by Crippen LogP contribution is -2.31. The van der Waals surface area contributed by atoms with Crippen LogP contribution in [0.25, 0.3) is 10.9 Å². The second-order valence-electron chi connectivity index (χ2n) is 9.21. The van der Waals surface area contributed by atoms with Gasteiger partial charge in [-0.2, -0.15) is 0 Å². The quantitative estimate of drug-likeness (QED) is 0.127. The molecule has 3 aromatic rings. The standard InChI is InChI=1S/C29H35BrN6O5/c1-4-5-14-41-28(39)18-36(2)13-7-12-31-26(37)10-11-27(38)35-24-16-22-23(17-25(24)40-3)32-19-33-29(22)34-21-9-6-8-20(30)15-21/h6,8-11,15-17,19H,4-5,7,12-14,18H2,1-3H3,(H,31,37)(H,35,38)(H,32,33,34)/b11-10+. The predicted octanol–water partition coefficient (Wildman–Crippen LogP) is 4.42. The van der Waals surface area contributed by atoms with Gasteiger partial charge in [0.2, 0.25) is 11.8 Å². The number of anilines is 3. The number of nitrogens with one attached hydrogen (secondary N) is 3. The number of rotatable bonds is 15.